The topological polar surface area (TPSA) is 57.1 Å². The van der Waals surface area contributed by atoms with Crippen LogP contribution in [0, 0.1) is 0 Å². The monoisotopic (exact) mass is 477 g/mol. The summed E-state index contributed by atoms with van der Waals surface area (Å²) in [6.07, 6.45) is 1.68. The highest BCUT2D eigenvalue weighted by Gasteiger charge is 2.24. The van der Waals surface area contributed by atoms with Gasteiger partial charge in [0.25, 0.3) is 0 Å². The molecule has 3 aromatic rings. The third-order valence-corrected chi connectivity index (χ3v) is 5.33. The molecule has 1 heterocycles. The molecule has 0 radical (unpaired) electrons. The number of ether oxygens (including phenoxy) is 3. The van der Waals surface area contributed by atoms with Crippen molar-refractivity contribution in [2.24, 2.45) is 4.99 Å². The van der Waals surface area contributed by atoms with E-state index in [2.05, 4.69) is 20.9 Å². The Morgan fingerprint density at radius 2 is 1.74 bits per heavy atom. The minimum absolute atomic E-state index is 0.239. The van der Waals surface area contributed by atoms with Crippen LogP contribution >= 0.6 is 15.9 Å². The second-order valence-corrected chi connectivity index (χ2v) is 7.58. The van der Waals surface area contributed by atoms with E-state index in [0.717, 1.165) is 21.2 Å². The summed E-state index contributed by atoms with van der Waals surface area (Å²) in [5.41, 5.74) is 2.79. The van der Waals surface area contributed by atoms with Crippen molar-refractivity contribution in [3.8, 4) is 11.5 Å². The number of halogens is 1. The van der Waals surface area contributed by atoms with E-state index in [9.17, 15) is 4.79 Å². The summed E-state index contributed by atoms with van der Waals surface area (Å²) in [4.78, 5) is 16.6. The second kappa shape index (κ2) is 9.62. The van der Waals surface area contributed by atoms with Gasteiger partial charge in [-0.2, -0.15) is 0 Å². The maximum atomic E-state index is 12.3. The molecule has 0 aromatic heterocycles. The molecule has 0 saturated heterocycles. The van der Waals surface area contributed by atoms with Crippen LogP contribution in [0.1, 0.15) is 23.6 Å². The van der Waals surface area contributed by atoms with Crippen LogP contribution in [-0.2, 0) is 16.1 Å². The molecule has 0 N–H and O–H groups in total. The molecule has 31 heavy (non-hydrogen) atoms. The lowest BCUT2D eigenvalue weighted by Gasteiger charge is -2.13. The fourth-order valence-electron chi connectivity index (χ4n) is 3.04. The lowest BCUT2D eigenvalue weighted by Crippen LogP contribution is -2.05. The Kier molecular flexibility index (Phi) is 6.48. The van der Waals surface area contributed by atoms with Crippen molar-refractivity contribution >= 4 is 33.9 Å². The van der Waals surface area contributed by atoms with Crippen LogP contribution < -0.4 is 9.47 Å². The first-order chi connectivity index (χ1) is 15.1. The SMILES string of the molecule is CCOc1cc(/C=C2/N=C(c3ccccc3)OC2=O)ccc1OCc1ccccc1Br. The number of esters is 1. The van der Waals surface area contributed by atoms with Gasteiger partial charge >= 0.3 is 5.97 Å². The van der Waals surface area contributed by atoms with E-state index in [0.29, 0.717) is 30.6 Å². The molecule has 0 saturated carbocycles. The predicted octanol–water partition coefficient (Wildman–Crippen LogP) is 5.77. The number of nitrogens with zero attached hydrogens (tertiary/aromatic N) is 1. The van der Waals surface area contributed by atoms with Crippen LogP contribution in [-0.4, -0.2) is 18.5 Å². The Hall–Kier alpha value is -3.38. The van der Waals surface area contributed by atoms with Gasteiger partial charge in [-0.15, -0.1) is 0 Å². The lowest BCUT2D eigenvalue weighted by molar-refractivity contribution is -0.129. The third-order valence-electron chi connectivity index (χ3n) is 4.55. The van der Waals surface area contributed by atoms with Gasteiger partial charge in [0.15, 0.2) is 17.2 Å². The van der Waals surface area contributed by atoms with Crippen LogP contribution in [0.5, 0.6) is 11.5 Å². The van der Waals surface area contributed by atoms with Gasteiger partial charge < -0.3 is 14.2 Å². The van der Waals surface area contributed by atoms with Gasteiger partial charge in [0.2, 0.25) is 5.90 Å². The van der Waals surface area contributed by atoms with Crippen molar-refractivity contribution in [2.75, 3.05) is 6.61 Å². The first-order valence-corrected chi connectivity index (χ1v) is 10.6. The molecule has 0 unspecified atom stereocenters. The van der Waals surface area contributed by atoms with Crippen molar-refractivity contribution in [1.29, 1.82) is 0 Å². The highest BCUT2D eigenvalue weighted by atomic mass is 79.9. The molecule has 3 aromatic carbocycles. The standard InChI is InChI=1S/C25H20BrNO4/c1-2-29-23-15-17(12-13-22(23)30-16-19-10-6-7-11-20(19)26)14-21-25(28)31-24(27-21)18-8-4-3-5-9-18/h3-15H,2,16H2,1H3/b21-14+. The van der Waals surface area contributed by atoms with E-state index >= 15 is 0 Å². The molecular weight excluding hydrogens is 458 g/mol. The molecule has 4 rings (SSSR count). The fourth-order valence-corrected chi connectivity index (χ4v) is 3.44. The molecule has 0 spiro atoms. The summed E-state index contributed by atoms with van der Waals surface area (Å²) in [7, 11) is 0. The summed E-state index contributed by atoms with van der Waals surface area (Å²) in [5, 5.41) is 0. The van der Waals surface area contributed by atoms with Gasteiger partial charge in [0.1, 0.15) is 6.61 Å². The van der Waals surface area contributed by atoms with E-state index < -0.39 is 5.97 Å². The smallest absolute Gasteiger partial charge is 0.363 e. The molecular formula is C25H20BrNO4. The predicted molar refractivity (Wildman–Crippen MR) is 123 cm³/mol. The number of hydrogen-bond acceptors (Lipinski definition) is 5. The molecule has 0 atom stereocenters. The number of cyclic esters (lactones) is 1. The van der Waals surface area contributed by atoms with Gasteiger partial charge in [0, 0.05) is 15.6 Å². The Morgan fingerprint density at radius 1 is 0.968 bits per heavy atom. The van der Waals surface area contributed by atoms with Crippen molar-refractivity contribution in [3.63, 3.8) is 0 Å². The third kappa shape index (κ3) is 5.03. The Labute approximate surface area is 189 Å². The second-order valence-electron chi connectivity index (χ2n) is 6.72. The average molecular weight is 478 g/mol. The van der Waals surface area contributed by atoms with Crippen LogP contribution in [0.25, 0.3) is 6.08 Å². The van der Waals surface area contributed by atoms with E-state index in [-0.39, 0.29) is 5.70 Å². The zero-order valence-corrected chi connectivity index (χ0v) is 18.5. The summed E-state index contributed by atoms with van der Waals surface area (Å²) in [6, 6.07) is 22.7. The normalized spacial score (nSPS) is 14.3. The molecule has 0 aliphatic carbocycles. The lowest BCUT2D eigenvalue weighted by atomic mass is 10.1. The number of carbonyl (C=O) groups excluding carboxylic acids is 1. The summed E-state index contributed by atoms with van der Waals surface area (Å²) in [6.45, 7) is 2.80. The Bertz CT molecular complexity index is 1160. The number of hydrogen-bond donors (Lipinski definition) is 0. The van der Waals surface area contributed by atoms with E-state index in [1.807, 2.05) is 79.7 Å². The summed E-state index contributed by atoms with van der Waals surface area (Å²) >= 11 is 3.53. The molecule has 5 nitrogen and oxygen atoms in total. The van der Waals surface area contributed by atoms with E-state index in [4.69, 9.17) is 14.2 Å². The van der Waals surface area contributed by atoms with Crippen molar-refractivity contribution < 1.29 is 19.0 Å². The fraction of sp³-hybridized carbons (Fsp3) is 0.120. The molecule has 1 aliphatic heterocycles. The highest BCUT2D eigenvalue weighted by molar-refractivity contribution is 9.10. The average Bonchev–Trinajstić information content (AvgIpc) is 3.15. The Balaban J connectivity index is 1.56. The van der Waals surface area contributed by atoms with Crippen molar-refractivity contribution in [1.82, 2.24) is 0 Å². The zero-order chi connectivity index (χ0) is 21.6. The van der Waals surface area contributed by atoms with Gasteiger partial charge in [-0.05, 0) is 48.9 Å². The van der Waals surface area contributed by atoms with Gasteiger partial charge in [-0.3, -0.25) is 0 Å². The minimum atomic E-state index is -0.480. The van der Waals surface area contributed by atoms with Crippen LogP contribution in [0.4, 0.5) is 0 Å². The van der Waals surface area contributed by atoms with Crippen LogP contribution in [0.15, 0.2) is 88.0 Å². The van der Waals surface area contributed by atoms with Gasteiger partial charge in [0.05, 0.1) is 6.61 Å². The maximum Gasteiger partial charge on any atom is 0.363 e. The molecule has 0 bridgehead atoms. The molecule has 6 heteroatoms. The number of aliphatic imine (C=N–C) groups is 1. The molecule has 0 amide bonds. The molecule has 0 fully saturated rings. The Morgan fingerprint density at radius 3 is 2.52 bits per heavy atom. The van der Waals surface area contributed by atoms with E-state index in [1.165, 1.54) is 0 Å². The molecule has 1 aliphatic rings. The van der Waals surface area contributed by atoms with Crippen molar-refractivity contribution in [3.05, 3.63) is 99.7 Å². The van der Waals surface area contributed by atoms with E-state index in [1.54, 1.807) is 6.08 Å². The summed E-state index contributed by atoms with van der Waals surface area (Å²) < 4.78 is 18.0. The first kappa shape index (κ1) is 20.9. The summed E-state index contributed by atoms with van der Waals surface area (Å²) in [5.74, 6) is 1.05. The number of benzene rings is 3. The number of rotatable bonds is 7. The maximum absolute atomic E-state index is 12.3. The highest BCUT2D eigenvalue weighted by Crippen LogP contribution is 2.31. The number of carbonyl (C=O) groups is 1. The van der Waals surface area contributed by atoms with Crippen molar-refractivity contribution in [2.45, 2.75) is 13.5 Å². The largest absolute Gasteiger partial charge is 0.490 e. The zero-order valence-electron chi connectivity index (χ0n) is 16.9. The quantitative estimate of drug-likeness (QED) is 0.320. The van der Waals surface area contributed by atoms with Crippen LogP contribution in [0.2, 0.25) is 0 Å². The van der Waals surface area contributed by atoms with Gasteiger partial charge in [-0.25, -0.2) is 9.79 Å². The van der Waals surface area contributed by atoms with Gasteiger partial charge in [-0.1, -0.05) is 58.4 Å². The first-order valence-electron chi connectivity index (χ1n) is 9.85. The molecule has 156 valence electrons. The minimum Gasteiger partial charge on any atom is -0.490 e. The van der Waals surface area contributed by atoms with Crippen LogP contribution in [0.3, 0.4) is 0 Å².